The molecule has 2 aliphatic heterocycles. The molecule has 2 amide bonds. The fourth-order valence-electron chi connectivity index (χ4n) is 7.48. The predicted octanol–water partition coefficient (Wildman–Crippen LogP) is 7.42. The van der Waals surface area contributed by atoms with Crippen LogP contribution in [0.2, 0.25) is 0 Å². The van der Waals surface area contributed by atoms with Gasteiger partial charge in [-0.1, -0.05) is 76.2 Å². The van der Waals surface area contributed by atoms with Crippen LogP contribution in [0.5, 0.6) is 0 Å². The van der Waals surface area contributed by atoms with Gasteiger partial charge in [0, 0.05) is 30.9 Å². The number of aromatic amines is 2. The van der Waals surface area contributed by atoms with Gasteiger partial charge in [0.2, 0.25) is 5.91 Å². The van der Waals surface area contributed by atoms with E-state index in [-0.39, 0.29) is 35.9 Å². The Kier molecular flexibility index (Phi) is 11.3. The van der Waals surface area contributed by atoms with Crippen molar-refractivity contribution in [1.29, 1.82) is 0 Å². The molecule has 0 saturated carbocycles. The van der Waals surface area contributed by atoms with Crippen molar-refractivity contribution < 1.29 is 14.3 Å². The first-order valence-corrected chi connectivity index (χ1v) is 19.8. The zero-order valence-corrected chi connectivity index (χ0v) is 32.5. The molecule has 0 radical (unpaired) electrons. The number of ether oxygens (including phenoxy) is 1. The van der Waals surface area contributed by atoms with Crippen molar-refractivity contribution in [3.63, 3.8) is 0 Å². The third-order valence-electron chi connectivity index (χ3n) is 10.9. The number of H-pyrrole nitrogens is 2. The molecular formula is C41H51N9O3S. The number of benzene rings is 2. The van der Waals surface area contributed by atoms with Gasteiger partial charge in [0.15, 0.2) is 0 Å². The molecule has 2 aliphatic rings. The average molecular weight is 750 g/mol. The predicted molar refractivity (Wildman–Crippen MR) is 212 cm³/mol. The highest BCUT2D eigenvalue weighted by molar-refractivity contribution is 7.18. The number of carbonyl (C=O) groups excluding carboxylic acids is 2. The van der Waals surface area contributed by atoms with Gasteiger partial charge in [0.1, 0.15) is 16.7 Å². The van der Waals surface area contributed by atoms with Gasteiger partial charge in [-0.25, -0.2) is 19.7 Å². The number of methoxy groups -OCH3 is 1. The Morgan fingerprint density at radius 3 is 2.00 bits per heavy atom. The maximum absolute atomic E-state index is 13.0. The molecule has 5 heterocycles. The first-order chi connectivity index (χ1) is 26.1. The van der Waals surface area contributed by atoms with Crippen LogP contribution >= 0.6 is 11.3 Å². The Labute approximate surface area is 321 Å². The van der Waals surface area contributed by atoms with Crippen molar-refractivity contribution in [2.75, 3.05) is 26.7 Å². The summed E-state index contributed by atoms with van der Waals surface area (Å²) < 4.78 is 4.86. The van der Waals surface area contributed by atoms with Gasteiger partial charge in [-0.3, -0.25) is 9.69 Å². The van der Waals surface area contributed by atoms with Gasteiger partial charge in [0.05, 0.1) is 53.9 Å². The van der Waals surface area contributed by atoms with Crippen molar-refractivity contribution >= 4 is 23.3 Å². The Balaban J connectivity index is 0.985. The van der Waals surface area contributed by atoms with E-state index in [2.05, 4.69) is 87.5 Å². The van der Waals surface area contributed by atoms with Crippen LogP contribution in [0, 0.1) is 11.8 Å². The normalized spacial score (nSPS) is 18.8. The van der Waals surface area contributed by atoms with E-state index in [0.717, 1.165) is 93.9 Å². The van der Waals surface area contributed by atoms with Gasteiger partial charge >= 0.3 is 6.09 Å². The summed E-state index contributed by atoms with van der Waals surface area (Å²) in [7, 11) is 1.40. The van der Waals surface area contributed by atoms with E-state index in [1.54, 1.807) is 11.3 Å². The van der Waals surface area contributed by atoms with Crippen LogP contribution in [0.1, 0.15) is 77.1 Å². The number of alkyl carbamates (subject to hydrolysis) is 1. The van der Waals surface area contributed by atoms with Crippen molar-refractivity contribution in [3.05, 3.63) is 78.8 Å². The number of nitrogens with two attached hydrogens (primary N) is 1. The largest absolute Gasteiger partial charge is 0.453 e. The number of hydrogen-bond acceptors (Lipinski definition) is 9. The van der Waals surface area contributed by atoms with Crippen LogP contribution in [-0.2, 0) is 9.53 Å². The molecule has 2 aromatic carbocycles. The number of nitrogens with zero attached hydrogens (tertiary/aromatic N) is 5. The summed E-state index contributed by atoms with van der Waals surface area (Å²) in [6, 6.07) is 16.5. The van der Waals surface area contributed by atoms with Crippen LogP contribution in [-0.4, -0.2) is 85.5 Å². The Bertz CT molecular complexity index is 2030. The molecule has 3 aromatic heterocycles. The number of likely N-dealkylation sites (tertiary alicyclic amines) is 2. The maximum atomic E-state index is 13.0. The Hall–Kier alpha value is -4.85. The van der Waals surface area contributed by atoms with Crippen LogP contribution < -0.4 is 11.1 Å². The minimum absolute atomic E-state index is 0.00337. The van der Waals surface area contributed by atoms with Crippen molar-refractivity contribution in [1.82, 2.24) is 40.0 Å². The maximum Gasteiger partial charge on any atom is 0.407 e. The van der Waals surface area contributed by atoms with Crippen molar-refractivity contribution in [2.24, 2.45) is 17.6 Å². The van der Waals surface area contributed by atoms with E-state index < -0.39 is 12.1 Å². The second-order valence-corrected chi connectivity index (χ2v) is 16.2. The molecule has 7 rings (SSSR count). The minimum Gasteiger partial charge on any atom is -0.453 e. The lowest BCUT2D eigenvalue weighted by Gasteiger charge is -2.30. The lowest BCUT2D eigenvalue weighted by Crippen LogP contribution is -2.46. The molecule has 4 unspecified atom stereocenters. The Morgan fingerprint density at radius 1 is 0.815 bits per heavy atom. The van der Waals surface area contributed by atoms with Gasteiger partial charge in [-0.2, -0.15) is 0 Å². The quantitative estimate of drug-likeness (QED) is 0.103. The second-order valence-electron chi connectivity index (χ2n) is 15.1. The van der Waals surface area contributed by atoms with E-state index in [1.165, 1.54) is 7.11 Å². The van der Waals surface area contributed by atoms with Gasteiger partial charge in [0.25, 0.3) is 0 Å². The molecular weight excluding hydrogens is 699 g/mol. The van der Waals surface area contributed by atoms with Gasteiger partial charge < -0.3 is 30.7 Å². The lowest BCUT2D eigenvalue weighted by molar-refractivity contribution is -0.134. The summed E-state index contributed by atoms with van der Waals surface area (Å²) in [5.74, 6) is 2.12. The number of aromatic nitrogens is 5. The van der Waals surface area contributed by atoms with Gasteiger partial charge in [-0.15, -0.1) is 11.3 Å². The van der Waals surface area contributed by atoms with Crippen LogP contribution in [0.4, 0.5) is 4.79 Å². The number of amides is 2. The third kappa shape index (κ3) is 7.98. The molecule has 0 spiro atoms. The summed E-state index contributed by atoms with van der Waals surface area (Å²) in [5.41, 5.74) is 12.4. The fraction of sp³-hybridized carbons (Fsp3) is 0.439. The zero-order valence-electron chi connectivity index (χ0n) is 31.7. The third-order valence-corrected chi connectivity index (χ3v) is 12.0. The molecule has 4 atom stereocenters. The lowest BCUT2D eigenvalue weighted by atomic mass is 10.0. The number of imidazole rings is 2. The highest BCUT2D eigenvalue weighted by atomic mass is 32.1. The molecule has 2 fully saturated rings. The number of carbonyl (C=O) groups is 2. The summed E-state index contributed by atoms with van der Waals surface area (Å²) in [6.45, 7) is 10.6. The molecule has 0 bridgehead atoms. The molecule has 13 heteroatoms. The number of hydrogen-bond donors (Lipinski definition) is 4. The summed E-state index contributed by atoms with van der Waals surface area (Å²) in [5, 5.41) is 3.95. The fourth-order valence-corrected chi connectivity index (χ4v) is 8.41. The number of thiazole rings is 1. The Morgan fingerprint density at radius 2 is 1.39 bits per heavy atom. The standard InChI is InChI=1S/C41H51N9O3S/c1-24(2)32(48-41(52)53-5)23-49-18-6-8-33(49)37-43-20-30(46-37)26-10-14-28(15-11-26)35-22-45-39(54-35)29-16-12-27(13-17-29)31-21-44-38(47-31)34-9-7-19-50(34)40(51)36(42)25(3)4/h10-17,20-22,24-25,32-34,36H,6-9,18-19,23,42H2,1-5H3,(H,43,46)(H,44,47)(H,48,52). The van der Waals surface area contributed by atoms with Crippen molar-refractivity contribution in [2.45, 2.75) is 77.5 Å². The highest BCUT2D eigenvalue weighted by Gasteiger charge is 2.35. The molecule has 12 nitrogen and oxygen atoms in total. The van der Waals surface area contributed by atoms with E-state index in [9.17, 15) is 9.59 Å². The zero-order chi connectivity index (χ0) is 37.9. The van der Waals surface area contributed by atoms with E-state index in [1.807, 2.05) is 37.3 Å². The SMILES string of the molecule is COC(=O)NC(CN1CCCC1c1ncc(-c2ccc(-c3cnc(-c4ccc(-c5cnc(C6CCCN6C(=O)C(N)C(C)C)[nH]5)cc4)s3)cc2)[nH]1)C(C)C. The van der Waals surface area contributed by atoms with E-state index in [4.69, 9.17) is 20.4 Å². The van der Waals surface area contributed by atoms with E-state index in [0.29, 0.717) is 6.54 Å². The van der Waals surface area contributed by atoms with E-state index >= 15 is 0 Å². The second kappa shape index (κ2) is 16.3. The first-order valence-electron chi connectivity index (χ1n) is 19.0. The van der Waals surface area contributed by atoms with Crippen LogP contribution in [0.3, 0.4) is 0 Å². The molecule has 5 N–H and O–H groups in total. The molecule has 2 saturated heterocycles. The molecule has 0 aliphatic carbocycles. The summed E-state index contributed by atoms with van der Waals surface area (Å²) in [6.07, 6.45) is 9.23. The number of rotatable bonds is 12. The highest BCUT2D eigenvalue weighted by Crippen LogP contribution is 2.36. The van der Waals surface area contributed by atoms with Crippen LogP contribution in [0.15, 0.2) is 67.1 Å². The average Bonchev–Trinajstić information content (AvgIpc) is 4.03. The monoisotopic (exact) mass is 749 g/mol. The molecule has 284 valence electrons. The first kappa shape index (κ1) is 37.5. The summed E-state index contributed by atoms with van der Waals surface area (Å²) >= 11 is 1.66. The summed E-state index contributed by atoms with van der Waals surface area (Å²) in [4.78, 5) is 51.7. The molecule has 54 heavy (non-hydrogen) atoms. The number of nitrogens with one attached hydrogen (secondary N) is 3. The smallest absolute Gasteiger partial charge is 0.407 e. The molecule has 5 aromatic rings. The van der Waals surface area contributed by atoms with Crippen LogP contribution in [0.25, 0.3) is 43.5 Å². The van der Waals surface area contributed by atoms with Crippen molar-refractivity contribution in [3.8, 4) is 43.5 Å². The topological polar surface area (TPSA) is 158 Å². The minimum atomic E-state index is -0.502. The van der Waals surface area contributed by atoms with Gasteiger partial charge in [-0.05, 0) is 60.8 Å².